The van der Waals surface area contributed by atoms with Gasteiger partial charge in [0.2, 0.25) is 5.89 Å². The molecule has 1 aromatic carbocycles. The maximum absolute atomic E-state index is 12.9. The Hall–Kier alpha value is -1.73. The molecular weight excluding hydrogens is 309 g/mol. The number of oxazole rings is 1. The SMILES string of the molecule is O=S(=O)(Cc1coc(-c2ccc(F)cc2)n1)C[C@H]1CCCO1. The second-order valence-corrected chi connectivity index (χ2v) is 7.45. The van der Waals surface area contributed by atoms with Gasteiger partial charge in [-0.05, 0) is 37.1 Å². The number of sulfone groups is 1. The third-order valence-corrected chi connectivity index (χ3v) is 5.09. The number of ether oxygens (including phenoxy) is 1. The molecule has 0 unspecified atom stereocenters. The van der Waals surface area contributed by atoms with Crippen molar-refractivity contribution in [3.05, 3.63) is 42.0 Å². The van der Waals surface area contributed by atoms with Crippen LogP contribution in [-0.2, 0) is 20.3 Å². The van der Waals surface area contributed by atoms with E-state index in [2.05, 4.69) is 4.98 Å². The number of nitrogens with zero attached hydrogens (tertiary/aromatic N) is 1. The van der Waals surface area contributed by atoms with Crippen LogP contribution in [0.1, 0.15) is 18.5 Å². The minimum atomic E-state index is -3.30. The number of hydrogen-bond donors (Lipinski definition) is 0. The highest BCUT2D eigenvalue weighted by Gasteiger charge is 2.24. The fourth-order valence-electron chi connectivity index (χ4n) is 2.44. The van der Waals surface area contributed by atoms with Crippen LogP contribution in [0.4, 0.5) is 4.39 Å². The van der Waals surface area contributed by atoms with Crippen molar-refractivity contribution in [1.82, 2.24) is 4.98 Å². The van der Waals surface area contributed by atoms with E-state index >= 15 is 0 Å². The summed E-state index contributed by atoms with van der Waals surface area (Å²) in [5.41, 5.74) is 0.946. The molecule has 7 heteroatoms. The zero-order valence-electron chi connectivity index (χ0n) is 11.9. The van der Waals surface area contributed by atoms with Gasteiger partial charge in [0.15, 0.2) is 9.84 Å². The summed E-state index contributed by atoms with van der Waals surface area (Å²) in [6, 6.07) is 5.67. The van der Waals surface area contributed by atoms with Crippen molar-refractivity contribution in [2.75, 3.05) is 12.4 Å². The third-order valence-electron chi connectivity index (χ3n) is 3.47. The van der Waals surface area contributed by atoms with Crippen LogP contribution in [0.25, 0.3) is 11.5 Å². The van der Waals surface area contributed by atoms with Gasteiger partial charge in [0.25, 0.3) is 0 Å². The van der Waals surface area contributed by atoms with Crippen molar-refractivity contribution < 1.29 is 22.0 Å². The average molecular weight is 325 g/mol. The number of aromatic nitrogens is 1. The smallest absolute Gasteiger partial charge is 0.226 e. The van der Waals surface area contributed by atoms with E-state index < -0.39 is 9.84 Å². The Morgan fingerprint density at radius 3 is 2.73 bits per heavy atom. The number of halogens is 1. The Bertz CT molecular complexity index is 733. The first-order chi connectivity index (χ1) is 10.5. The molecule has 22 heavy (non-hydrogen) atoms. The number of hydrogen-bond acceptors (Lipinski definition) is 5. The summed E-state index contributed by atoms with van der Waals surface area (Å²) in [6.07, 6.45) is 2.79. The molecular formula is C15H16FNO4S. The molecule has 1 aliphatic rings. The van der Waals surface area contributed by atoms with Gasteiger partial charge >= 0.3 is 0 Å². The van der Waals surface area contributed by atoms with Gasteiger partial charge in [-0.2, -0.15) is 0 Å². The normalized spacial score (nSPS) is 18.7. The molecule has 1 aromatic heterocycles. The topological polar surface area (TPSA) is 69.4 Å². The van der Waals surface area contributed by atoms with Crippen LogP contribution in [0.15, 0.2) is 34.9 Å². The van der Waals surface area contributed by atoms with E-state index in [1.807, 2.05) is 0 Å². The van der Waals surface area contributed by atoms with Gasteiger partial charge in [-0.1, -0.05) is 0 Å². The van der Waals surface area contributed by atoms with Gasteiger partial charge in [-0.3, -0.25) is 0 Å². The predicted molar refractivity (Wildman–Crippen MR) is 78.4 cm³/mol. The van der Waals surface area contributed by atoms with Crippen LogP contribution in [0.3, 0.4) is 0 Å². The molecule has 118 valence electrons. The summed E-state index contributed by atoms with van der Waals surface area (Å²) < 4.78 is 47.8. The third kappa shape index (κ3) is 3.72. The van der Waals surface area contributed by atoms with E-state index in [1.165, 1.54) is 30.5 Å². The van der Waals surface area contributed by atoms with E-state index in [9.17, 15) is 12.8 Å². The molecule has 5 nitrogen and oxygen atoms in total. The second kappa shape index (κ2) is 6.18. The summed E-state index contributed by atoms with van der Waals surface area (Å²) in [5.74, 6) is -0.250. The number of rotatable bonds is 5. The first kappa shape index (κ1) is 15.2. The molecule has 0 spiro atoms. The molecule has 0 amide bonds. The van der Waals surface area contributed by atoms with Gasteiger partial charge in [0.05, 0.1) is 23.3 Å². The summed E-state index contributed by atoms with van der Waals surface area (Å²) >= 11 is 0. The van der Waals surface area contributed by atoms with E-state index in [1.54, 1.807) is 0 Å². The first-order valence-corrected chi connectivity index (χ1v) is 8.86. The van der Waals surface area contributed by atoms with Crippen LogP contribution < -0.4 is 0 Å². The fraction of sp³-hybridized carbons (Fsp3) is 0.400. The van der Waals surface area contributed by atoms with E-state index in [4.69, 9.17) is 9.15 Å². The summed E-state index contributed by atoms with van der Waals surface area (Å²) in [4.78, 5) is 4.16. The monoisotopic (exact) mass is 325 g/mol. The molecule has 1 aliphatic heterocycles. The van der Waals surface area contributed by atoms with E-state index in [0.717, 1.165) is 12.8 Å². The molecule has 1 fully saturated rings. The Morgan fingerprint density at radius 2 is 2.05 bits per heavy atom. The van der Waals surface area contributed by atoms with Crippen molar-refractivity contribution >= 4 is 9.84 Å². The van der Waals surface area contributed by atoms with Gasteiger partial charge in [0.1, 0.15) is 12.1 Å². The van der Waals surface area contributed by atoms with Crippen LogP contribution in [0.5, 0.6) is 0 Å². The molecule has 0 bridgehead atoms. The second-order valence-electron chi connectivity index (χ2n) is 5.34. The van der Waals surface area contributed by atoms with Crippen molar-refractivity contribution in [2.24, 2.45) is 0 Å². The highest BCUT2D eigenvalue weighted by Crippen LogP contribution is 2.21. The predicted octanol–water partition coefficient (Wildman–Crippen LogP) is 2.57. The molecule has 0 radical (unpaired) electrons. The highest BCUT2D eigenvalue weighted by molar-refractivity contribution is 7.90. The lowest BCUT2D eigenvalue weighted by atomic mass is 10.2. The van der Waals surface area contributed by atoms with Gasteiger partial charge < -0.3 is 9.15 Å². The summed E-state index contributed by atoms with van der Waals surface area (Å²) in [6.45, 7) is 0.624. The molecule has 0 saturated carbocycles. The summed E-state index contributed by atoms with van der Waals surface area (Å²) in [5, 5.41) is 0. The van der Waals surface area contributed by atoms with Gasteiger partial charge in [0, 0.05) is 12.2 Å². The van der Waals surface area contributed by atoms with Crippen molar-refractivity contribution in [1.29, 1.82) is 0 Å². The van der Waals surface area contributed by atoms with Crippen molar-refractivity contribution in [3.8, 4) is 11.5 Å². The molecule has 2 heterocycles. The average Bonchev–Trinajstić information content (AvgIpc) is 3.10. The maximum atomic E-state index is 12.9. The maximum Gasteiger partial charge on any atom is 0.226 e. The van der Waals surface area contributed by atoms with Crippen LogP contribution in [0, 0.1) is 5.82 Å². The Balaban J connectivity index is 1.69. The minimum absolute atomic E-state index is 0.00570. The van der Waals surface area contributed by atoms with E-state index in [-0.39, 0.29) is 29.3 Å². The zero-order chi connectivity index (χ0) is 15.6. The molecule has 3 rings (SSSR count). The largest absolute Gasteiger partial charge is 0.444 e. The lowest BCUT2D eigenvalue weighted by Gasteiger charge is -2.08. The van der Waals surface area contributed by atoms with Crippen LogP contribution >= 0.6 is 0 Å². The lowest BCUT2D eigenvalue weighted by molar-refractivity contribution is 0.127. The minimum Gasteiger partial charge on any atom is -0.444 e. The fourth-order valence-corrected chi connectivity index (χ4v) is 3.97. The van der Waals surface area contributed by atoms with Gasteiger partial charge in [-0.25, -0.2) is 17.8 Å². The Kier molecular flexibility index (Phi) is 4.26. The quantitative estimate of drug-likeness (QED) is 0.845. The Morgan fingerprint density at radius 1 is 1.27 bits per heavy atom. The van der Waals surface area contributed by atoms with Crippen LogP contribution in [-0.4, -0.2) is 31.9 Å². The standard InChI is InChI=1S/C15H16FNO4S/c16-12-5-3-11(4-6-12)15-17-13(8-21-15)9-22(18,19)10-14-2-1-7-20-14/h3-6,8,14H,1-2,7,9-10H2/t14-/m1/s1. The molecule has 1 saturated heterocycles. The highest BCUT2D eigenvalue weighted by atomic mass is 32.2. The lowest BCUT2D eigenvalue weighted by Crippen LogP contribution is -2.21. The van der Waals surface area contributed by atoms with Gasteiger partial charge in [-0.15, -0.1) is 0 Å². The number of benzene rings is 1. The molecule has 1 atom stereocenters. The van der Waals surface area contributed by atoms with Crippen molar-refractivity contribution in [2.45, 2.75) is 24.7 Å². The first-order valence-electron chi connectivity index (χ1n) is 7.04. The van der Waals surface area contributed by atoms with Crippen LogP contribution in [0.2, 0.25) is 0 Å². The zero-order valence-corrected chi connectivity index (χ0v) is 12.7. The molecule has 2 aromatic rings. The Labute approximate surface area is 128 Å². The summed E-state index contributed by atoms with van der Waals surface area (Å²) in [7, 11) is -3.30. The molecule has 0 N–H and O–H groups in total. The molecule has 0 aliphatic carbocycles. The van der Waals surface area contributed by atoms with Crippen molar-refractivity contribution in [3.63, 3.8) is 0 Å². The van der Waals surface area contributed by atoms with E-state index in [0.29, 0.717) is 17.9 Å².